The highest BCUT2D eigenvalue weighted by atomic mass is 16.5. The molecule has 3 N–H and O–H groups in total. The smallest absolute Gasteiger partial charge is 0.118 e. The van der Waals surface area contributed by atoms with E-state index in [0.717, 1.165) is 44.6 Å². The van der Waals surface area contributed by atoms with Crippen LogP contribution in [0.15, 0.2) is 24.3 Å². The molecule has 19 heavy (non-hydrogen) atoms. The maximum Gasteiger partial charge on any atom is 0.118 e. The van der Waals surface area contributed by atoms with Crippen LogP contribution in [0.1, 0.15) is 18.4 Å². The normalized spacial score (nSPS) is 20.2. The Morgan fingerprint density at radius 3 is 2.79 bits per heavy atom. The number of hydrogen-bond donors (Lipinski definition) is 2. The zero-order valence-corrected chi connectivity index (χ0v) is 11.6. The molecule has 4 heteroatoms. The molecular formula is C15H23N3O. The van der Waals surface area contributed by atoms with Crippen molar-refractivity contribution in [2.24, 2.45) is 11.7 Å². The Labute approximate surface area is 115 Å². The van der Waals surface area contributed by atoms with Gasteiger partial charge in [-0.2, -0.15) is 0 Å². The molecule has 1 atom stereocenters. The van der Waals surface area contributed by atoms with Crippen molar-refractivity contribution in [2.75, 3.05) is 26.7 Å². The lowest BCUT2D eigenvalue weighted by molar-refractivity contribution is 0.206. The first-order valence-corrected chi connectivity index (χ1v) is 6.88. The van der Waals surface area contributed by atoms with Crippen molar-refractivity contribution in [3.63, 3.8) is 0 Å². The summed E-state index contributed by atoms with van der Waals surface area (Å²) in [6.07, 6.45) is 3.25. The predicted molar refractivity (Wildman–Crippen MR) is 77.8 cm³/mol. The lowest BCUT2D eigenvalue weighted by atomic mass is 9.97. The van der Waals surface area contributed by atoms with Crippen LogP contribution in [-0.2, 0) is 6.42 Å². The highest BCUT2D eigenvalue weighted by Crippen LogP contribution is 2.17. The van der Waals surface area contributed by atoms with Crippen molar-refractivity contribution in [1.29, 1.82) is 5.41 Å². The van der Waals surface area contributed by atoms with Gasteiger partial charge in [0.05, 0.1) is 12.9 Å². The van der Waals surface area contributed by atoms with Gasteiger partial charge in [-0.15, -0.1) is 0 Å². The Bertz CT molecular complexity index is 416. The summed E-state index contributed by atoms with van der Waals surface area (Å²) in [5, 5.41) is 7.56. The largest absolute Gasteiger partial charge is 0.497 e. The number of nitrogens with one attached hydrogen (secondary N) is 1. The Balaban J connectivity index is 1.82. The molecule has 1 heterocycles. The van der Waals surface area contributed by atoms with Gasteiger partial charge in [-0.25, -0.2) is 0 Å². The van der Waals surface area contributed by atoms with Gasteiger partial charge in [-0.05, 0) is 43.5 Å². The first kappa shape index (κ1) is 13.9. The van der Waals surface area contributed by atoms with Crippen molar-refractivity contribution in [3.8, 4) is 5.75 Å². The van der Waals surface area contributed by atoms with E-state index in [9.17, 15) is 0 Å². The standard InChI is InChI=1S/C15H23N3O/c1-19-14-6-4-12(5-7-14)8-10-18-9-2-3-13(11-18)15(16)17/h4-7,13H,2-3,8-11H2,1H3,(H3,16,17). The molecule has 1 aromatic rings. The van der Waals surface area contributed by atoms with Crippen LogP contribution < -0.4 is 10.5 Å². The first-order chi connectivity index (χ1) is 9.19. The van der Waals surface area contributed by atoms with E-state index in [1.165, 1.54) is 5.56 Å². The van der Waals surface area contributed by atoms with E-state index in [1.54, 1.807) is 7.11 Å². The van der Waals surface area contributed by atoms with E-state index in [-0.39, 0.29) is 5.92 Å². The fourth-order valence-electron chi connectivity index (χ4n) is 2.59. The summed E-state index contributed by atoms with van der Waals surface area (Å²) < 4.78 is 5.16. The maximum absolute atomic E-state index is 7.56. The molecule has 1 aliphatic rings. The first-order valence-electron chi connectivity index (χ1n) is 6.88. The zero-order valence-electron chi connectivity index (χ0n) is 11.6. The Morgan fingerprint density at radius 2 is 2.16 bits per heavy atom. The van der Waals surface area contributed by atoms with Crippen LogP contribution in [0.4, 0.5) is 0 Å². The van der Waals surface area contributed by atoms with E-state index in [0.29, 0.717) is 5.84 Å². The van der Waals surface area contributed by atoms with Gasteiger partial charge in [0, 0.05) is 19.0 Å². The molecule has 1 aromatic carbocycles. The highest BCUT2D eigenvalue weighted by Gasteiger charge is 2.21. The fraction of sp³-hybridized carbons (Fsp3) is 0.533. The van der Waals surface area contributed by atoms with Crippen LogP contribution in [0, 0.1) is 11.3 Å². The van der Waals surface area contributed by atoms with Gasteiger partial charge in [0.25, 0.3) is 0 Å². The Hall–Kier alpha value is -1.55. The molecule has 2 rings (SSSR count). The van der Waals surface area contributed by atoms with E-state index in [2.05, 4.69) is 17.0 Å². The molecule has 0 amide bonds. The molecule has 0 aliphatic carbocycles. The van der Waals surface area contributed by atoms with Crippen LogP contribution in [0.2, 0.25) is 0 Å². The van der Waals surface area contributed by atoms with Crippen LogP contribution in [0.25, 0.3) is 0 Å². The van der Waals surface area contributed by atoms with Crippen LogP contribution in [0.3, 0.4) is 0 Å². The molecule has 0 bridgehead atoms. The summed E-state index contributed by atoms with van der Waals surface area (Å²) >= 11 is 0. The molecule has 1 fully saturated rings. The summed E-state index contributed by atoms with van der Waals surface area (Å²) in [5.74, 6) is 1.50. The minimum atomic E-state index is 0.254. The van der Waals surface area contributed by atoms with Gasteiger partial charge in [-0.1, -0.05) is 12.1 Å². The molecule has 0 saturated carbocycles. The highest BCUT2D eigenvalue weighted by molar-refractivity contribution is 5.79. The topological polar surface area (TPSA) is 62.3 Å². The number of nitrogens with zero attached hydrogens (tertiary/aromatic N) is 1. The summed E-state index contributed by atoms with van der Waals surface area (Å²) in [5.41, 5.74) is 6.94. The number of piperidine rings is 1. The monoisotopic (exact) mass is 261 g/mol. The van der Waals surface area contributed by atoms with Gasteiger partial charge in [0.2, 0.25) is 0 Å². The van der Waals surface area contributed by atoms with E-state index >= 15 is 0 Å². The summed E-state index contributed by atoms with van der Waals surface area (Å²) in [4.78, 5) is 2.42. The van der Waals surface area contributed by atoms with Crippen molar-refractivity contribution in [2.45, 2.75) is 19.3 Å². The fourth-order valence-corrected chi connectivity index (χ4v) is 2.59. The lowest BCUT2D eigenvalue weighted by Crippen LogP contribution is -2.41. The average Bonchev–Trinajstić information content (AvgIpc) is 2.46. The molecule has 4 nitrogen and oxygen atoms in total. The molecule has 0 aromatic heterocycles. The van der Waals surface area contributed by atoms with Crippen molar-refractivity contribution in [1.82, 2.24) is 4.90 Å². The van der Waals surface area contributed by atoms with Crippen molar-refractivity contribution >= 4 is 5.84 Å². The second-order valence-electron chi connectivity index (χ2n) is 5.19. The SMILES string of the molecule is COc1ccc(CCN2CCCC(C(=N)N)C2)cc1. The third-order valence-electron chi connectivity index (χ3n) is 3.82. The van der Waals surface area contributed by atoms with Gasteiger partial charge < -0.3 is 15.4 Å². The Kier molecular flexibility index (Phi) is 4.80. The number of ether oxygens (including phenoxy) is 1. The van der Waals surface area contributed by atoms with Gasteiger partial charge in [0.15, 0.2) is 0 Å². The lowest BCUT2D eigenvalue weighted by Gasteiger charge is -2.32. The summed E-state index contributed by atoms with van der Waals surface area (Å²) in [6, 6.07) is 8.24. The van der Waals surface area contributed by atoms with E-state index < -0.39 is 0 Å². The summed E-state index contributed by atoms with van der Waals surface area (Å²) in [7, 11) is 1.69. The number of nitrogens with two attached hydrogens (primary N) is 1. The summed E-state index contributed by atoms with van der Waals surface area (Å²) in [6.45, 7) is 3.10. The second-order valence-corrected chi connectivity index (χ2v) is 5.19. The Morgan fingerprint density at radius 1 is 1.42 bits per heavy atom. The predicted octanol–water partition coefficient (Wildman–Crippen LogP) is 1.89. The number of benzene rings is 1. The minimum Gasteiger partial charge on any atom is -0.497 e. The zero-order chi connectivity index (χ0) is 13.7. The van der Waals surface area contributed by atoms with Crippen LogP contribution in [0.5, 0.6) is 5.75 Å². The number of methoxy groups -OCH3 is 1. The second kappa shape index (κ2) is 6.57. The van der Waals surface area contributed by atoms with Crippen LogP contribution >= 0.6 is 0 Å². The average molecular weight is 261 g/mol. The number of amidine groups is 1. The molecule has 0 spiro atoms. The molecule has 1 aliphatic heterocycles. The number of likely N-dealkylation sites (tertiary alicyclic amines) is 1. The molecule has 1 unspecified atom stereocenters. The third-order valence-corrected chi connectivity index (χ3v) is 3.82. The quantitative estimate of drug-likeness (QED) is 0.628. The molecule has 0 radical (unpaired) electrons. The maximum atomic E-state index is 7.56. The van der Waals surface area contributed by atoms with Gasteiger partial charge in [-0.3, -0.25) is 5.41 Å². The van der Waals surface area contributed by atoms with Gasteiger partial charge >= 0.3 is 0 Å². The molecular weight excluding hydrogens is 238 g/mol. The molecule has 104 valence electrons. The van der Waals surface area contributed by atoms with Crippen molar-refractivity contribution < 1.29 is 4.74 Å². The molecule has 1 saturated heterocycles. The number of rotatable bonds is 5. The van der Waals surface area contributed by atoms with Crippen molar-refractivity contribution in [3.05, 3.63) is 29.8 Å². The minimum absolute atomic E-state index is 0.254. The van der Waals surface area contributed by atoms with E-state index in [1.807, 2.05) is 12.1 Å². The number of hydrogen-bond acceptors (Lipinski definition) is 3. The van der Waals surface area contributed by atoms with E-state index in [4.69, 9.17) is 15.9 Å². The van der Waals surface area contributed by atoms with Gasteiger partial charge in [0.1, 0.15) is 5.75 Å². The third kappa shape index (κ3) is 3.96. The van der Waals surface area contributed by atoms with Crippen LogP contribution in [-0.4, -0.2) is 37.5 Å².